The number of hydrogen-bond donors (Lipinski definition) is 2. The van der Waals surface area contributed by atoms with Gasteiger partial charge in [0.05, 0.1) is 39.9 Å². The van der Waals surface area contributed by atoms with E-state index in [0.29, 0.717) is 17.4 Å². The summed E-state index contributed by atoms with van der Waals surface area (Å²) < 4.78 is 22.8. The van der Waals surface area contributed by atoms with Crippen molar-refractivity contribution in [2.24, 2.45) is 0 Å². The lowest BCUT2D eigenvalue weighted by Gasteiger charge is -2.29. The third-order valence-corrected chi connectivity index (χ3v) is 7.79. The Bertz CT molecular complexity index is 794. The molecule has 0 aliphatic heterocycles. The highest BCUT2D eigenvalue weighted by molar-refractivity contribution is 7.45. The van der Waals surface area contributed by atoms with Gasteiger partial charge in [0.15, 0.2) is 0 Å². The van der Waals surface area contributed by atoms with E-state index in [9.17, 15) is 19.4 Å². The molecule has 0 saturated heterocycles. The smallest absolute Gasteiger partial charge is 0.268 e. The number of likely N-dealkylation sites (N-methyl/N-ethyl adjacent to an activating group) is 1. The molecule has 0 aromatic heterocycles. The van der Waals surface area contributed by atoms with Crippen LogP contribution in [0.15, 0.2) is 36.5 Å². The molecule has 0 fully saturated rings. The fourth-order valence-electron chi connectivity index (χ4n) is 4.12. The SMILES string of the molecule is CCCCCCCCC/C=C/CC/C=C/CC/C=C/C(O)C(COP(=O)([O-])OCC[N+](C)(C)C)NC(=O)CCCCC. The molecular formula is C33H63N2O6P. The summed E-state index contributed by atoms with van der Waals surface area (Å²) in [7, 11) is 1.22. The molecule has 0 aliphatic rings. The van der Waals surface area contributed by atoms with E-state index in [4.69, 9.17) is 9.05 Å². The average molecular weight is 615 g/mol. The van der Waals surface area contributed by atoms with Crippen molar-refractivity contribution < 1.29 is 32.9 Å². The summed E-state index contributed by atoms with van der Waals surface area (Å²) in [6.07, 6.45) is 28.4. The van der Waals surface area contributed by atoms with Crippen LogP contribution >= 0.6 is 7.82 Å². The monoisotopic (exact) mass is 614 g/mol. The number of quaternary nitrogens is 1. The van der Waals surface area contributed by atoms with Gasteiger partial charge in [0.2, 0.25) is 5.91 Å². The Morgan fingerprint density at radius 2 is 1.33 bits per heavy atom. The van der Waals surface area contributed by atoms with Crippen LogP contribution in [0.5, 0.6) is 0 Å². The highest BCUT2D eigenvalue weighted by atomic mass is 31.2. The van der Waals surface area contributed by atoms with Crippen LogP contribution in [-0.4, -0.2) is 68.5 Å². The minimum Gasteiger partial charge on any atom is -0.756 e. The van der Waals surface area contributed by atoms with E-state index in [1.54, 1.807) is 6.08 Å². The topological polar surface area (TPSA) is 108 Å². The predicted octanol–water partition coefficient (Wildman–Crippen LogP) is 6.99. The van der Waals surface area contributed by atoms with Crippen LogP contribution in [0.2, 0.25) is 0 Å². The van der Waals surface area contributed by atoms with Gasteiger partial charge >= 0.3 is 0 Å². The molecule has 9 heteroatoms. The molecule has 0 saturated carbocycles. The summed E-state index contributed by atoms with van der Waals surface area (Å²) in [5.41, 5.74) is 0. The number of unbranched alkanes of at least 4 members (excludes halogenated alkanes) is 11. The Kier molecular flexibility index (Phi) is 25.4. The first-order valence-electron chi connectivity index (χ1n) is 16.4. The fourth-order valence-corrected chi connectivity index (χ4v) is 4.84. The summed E-state index contributed by atoms with van der Waals surface area (Å²) in [5, 5.41) is 13.4. The third-order valence-electron chi connectivity index (χ3n) is 6.83. The van der Waals surface area contributed by atoms with Crippen molar-refractivity contribution in [1.82, 2.24) is 5.32 Å². The summed E-state index contributed by atoms with van der Waals surface area (Å²) in [5.74, 6) is -0.240. The van der Waals surface area contributed by atoms with Crippen molar-refractivity contribution in [2.75, 3.05) is 40.9 Å². The Balaban J connectivity index is 4.47. The van der Waals surface area contributed by atoms with Gasteiger partial charge in [-0.25, -0.2) is 0 Å². The Morgan fingerprint density at radius 1 is 0.810 bits per heavy atom. The van der Waals surface area contributed by atoms with Gasteiger partial charge in [0, 0.05) is 6.42 Å². The third kappa shape index (κ3) is 27.5. The number of amides is 1. The lowest BCUT2D eigenvalue weighted by molar-refractivity contribution is -0.870. The molecule has 0 radical (unpaired) electrons. The van der Waals surface area contributed by atoms with Crippen molar-refractivity contribution >= 4 is 13.7 Å². The lowest BCUT2D eigenvalue weighted by atomic mass is 10.1. The molecule has 3 unspecified atom stereocenters. The number of aliphatic hydroxyl groups excluding tert-OH is 1. The molecule has 0 bridgehead atoms. The van der Waals surface area contributed by atoms with Crippen LogP contribution in [0.4, 0.5) is 0 Å². The molecule has 0 aromatic rings. The number of hydrogen-bond acceptors (Lipinski definition) is 6. The maximum atomic E-state index is 12.4. The Labute approximate surface area is 257 Å². The first-order chi connectivity index (χ1) is 20.0. The van der Waals surface area contributed by atoms with Crippen molar-refractivity contribution in [3.8, 4) is 0 Å². The van der Waals surface area contributed by atoms with E-state index < -0.39 is 26.6 Å². The van der Waals surface area contributed by atoms with Crippen LogP contribution in [0.3, 0.4) is 0 Å². The maximum Gasteiger partial charge on any atom is 0.268 e. The average Bonchev–Trinajstić information content (AvgIpc) is 2.92. The Morgan fingerprint density at radius 3 is 1.93 bits per heavy atom. The highest BCUT2D eigenvalue weighted by Crippen LogP contribution is 2.38. The number of allylic oxidation sites excluding steroid dienone is 5. The largest absolute Gasteiger partial charge is 0.756 e. The normalized spacial score (nSPS) is 15.5. The second kappa shape index (κ2) is 26.2. The molecule has 0 heterocycles. The maximum absolute atomic E-state index is 12.4. The quantitative estimate of drug-likeness (QED) is 0.0426. The van der Waals surface area contributed by atoms with E-state index >= 15 is 0 Å². The predicted molar refractivity (Wildman–Crippen MR) is 173 cm³/mol. The molecule has 3 atom stereocenters. The van der Waals surface area contributed by atoms with Crippen LogP contribution < -0.4 is 10.2 Å². The van der Waals surface area contributed by atoms with E-state index in [1.807, 2.05) is 27.2 Å². The molecular weight excluding hydrogens is 551 g/mol. The lowest BCUT2D eigenvalue weighted by Crippen LogP contribution is -2.45. The molecule has 0 spiro atoms. The first-order valence-corrected chi connectivity index (χ1v) is 17.8. The zero-order valence-corrected chi connectivity index (χ0v) is 28.3. The highest BCUT2D eigenvalue weighted by Gasteiger charge is 2.23. The Hall–Kier alpha value is -1.28. The second-order valence-corrected chi connectivity index (χ2v) is 13.6. The molecule has 42 heavy (non-hydrogen) atoms. The molecule has 0 rings (SSSR count). The number of phosphoric acid groups is 1. The van der Waals surface area contributed by atoms with Crippen LogP contribution in [0, 0.1) is 0 Å². The number of carbonyl (C=O) groups excluding carboxylic acids is 1. The van der Waals surface area contributed by atoms with E-state index in [2.05, 4.69) is 43.5 Å². The zero-order chi connectivity index (χ0) is 31.5. The summed E-state index contributed by atoms with van der Waals surface area (Å²) in [6.45, 7) is 4.38. The molecule has 0 aromatic carbocycles. The van der Waals surface area contributed by atoms with Crippen molar-refractivity contribution in [3.05, 3.63) is 36.5 Å². The number of aliphatic hydroxyl groups is 1. The van der Waals surface area contributed by atoms with Gasteiger partial charge < -0.3 is 28.8 Å². The standard InChI is InChI=1S/C33H63N2O6P/c1-6-8-10-11-12-13-14-15-16-17-18-19-20-21-22-23-25-26-32(36)31(34-33(37)27-24-9-7-2)30-41-42(38,39)40-29-28-35(3,4)5/h16-17,20-21,25-26,31-32,36H,6-15,18-19,22-24,27-30H2,1-5H3,(H-,34,37,38,39)/b17-16+,21-20+,26-25+. The molecule has 8 nitrogen and oxygen atoms in total. The van der Waals surface area contributed by atoms with E-state index in [1.165, 1.54) is 51.4 Å². The van der Waals surface area contributed by atoms with Gasteiger partial charge in [-0.15, -0.1) is 0 Å². The number of rotatable bonds is 28. The number of phosphoric ester groups is 1. The van der Waals surface area contributed by atoms with Gasteiger partial charge in [-0.3, -0.25) is 9.36 Å². The van der Waals surface area contributed by atoms with Crippen LogP contribution in [0.25, 0.3) is 0 Å². The van der Waals surface area contributed by atoms with Crippen molar-refractivity contribution in [3.63, 3.8) is 0 Å². The van der Waals surface area contributed by atoms with Crippen molar-refractivity contribution in [2.45, 2.75) is 129 Å². The first kappa shape index (κ1) is 40.7. The number of nitrogens with one attached hydrogen (secondary N) is 1. The minimum absolute atomic E-state index is 0.0101. The summed E-state index contributed by atoms with van der Waals surface area (Å²) >= 11 is 0. The van der Waals surface area contributed by atoms with Crippen molar-refractivity contribution in [1.29, 1.82) is 0 Å². The van der Waals surface area contributed by atoms with Gasteiger partial charge in [0.25, 0.3) is 7.82 Å². The molecule has 2 N–H and O–H groups in total. The van der Waals surface area contributed by atoms with Crippen LogP contribution in [0.1, 0.15) is 117 Å². The second-order valence-electron chi connectivity index (χ2n) is 12.1. The summed E-state index contributed by atoms with van der Waals surface area (Å²) in [4.78, 5) is 24.6. The van der Waals surface area contributed by atoms with Gasteiger partial charge in [-0.2, -0.15) is 0 Å². The zero-order valence-electron chi connectivity index (χ0n) is 27.4. The molecule has 0 aliphatic carbocycles. The number of carbonyl (C=O) groups is 1. The number of nitrogens with zero attached hydrogens (tertiary/aromatic N) is 1. The minimum atomic E-state index is -4.57. The molecule has 246 valence electrons. The van der Waals surface area contributed by atoms with Gasteiger partial charge in [0.1, 0.15) is 13.2 Å². The van der Waals surface area contributed by atoms with Gasteiger partial charge in [-0.1, -0.05) is 102 Å². The van der Waals surface area contributed by atoms with E-state index in [0.717, 1.165) is 44.9 Å². The summed E-state index contributed by atoms with van der Waals surface area (Å²) in [6, 6.07) is -0.900. The molecule has 1 amide bonds. The fraction of sp³-hybridized carbons (Fsp3) is 0.788. The van der Waals surface area contributed by atoms with Crippen LogP contribution in [-0.2, 0) is 18.4 Å². The van der Waals surface area contributed by atoms with E-state index in [-0.39, 0.29) is 12.5 Å². The van der Waals surface area contributed by atoms with Gasteiger partial charge in [-0.05, 0) is 44.9 Å².